The van der Waals surface area contributed by atoms with Gasteiger partial charge in [-0.25, -0.2) is 0 Å². The second-order valence-electron chi connectivity index (χ2n) is 4.63. The second-order valence-corrected chi connectivity index (χ2v) is 6.03. The summed E-state index contributed by atoms with van der Waals surface area (Å²) in [5, 5.41) is 3.53. The zero-order chi connectivity index (χ0) is 10.9. The molecule has 1 rings (SSSR count). The standard InChI is InChI=1S/C13H27NS/c1-3-15-11-7-6-10-13(14-2)12-8-4-5-9-12/h12-14H,3-11H2,1-2H3. The van der Waals surface area contributed by atoms with Crippen LogP contribution in [0.3, 0.4) is 0 Å². The molecule has 1 N–H and O–H groups in total. The lowest BCUT2D eigenvalue weighted by molar-refractivity contribution is 0.352. The zero-order valence-corrected chi connectivity index (χ0v) is 11.2. The van der Waals surface area contributed by atoms with Crippen molar-refractivity contribution < 1.29 is 0 Å². The molecule has 1 aliphatic rings. The molecule has 0 heterocycles. The summed E-state index contributed by atoms with van der Waals surface area (Å²) in [5.74, 6) is 3.62. The van der Waals surface area contributed by atoms with Gasteiger partial charge in [-0.15, -0.1) is 0 Å². The second kappa shape index (κ2) is 8.46. The van der Waals surface area contributed by atoms with Crippen LogP contribution in [0.15, 0.2) is 0 Å². The maximum Gasteiger partial charge on any atom is 0.00923 e. The minimum Gasteiger partial charge on any atom is -0.317 e. The van der Waals surface area contributed by atoms with E-state index in [-0.39, 0.29) is 0 Å². The molecule has 2 heteroatoms. The maximum absolute atomic E-state index is 3.53. The summed E-state index contributed by atoms with van der Waals surface area (Å²) in [6, 6.07) is 0.805. The highest BCUT2D eigenvalue weighted by Gasteiger charge is 2.22. The summed E-state index contributed by atoms with van der Waals surface area (Å²) < 4.78 is 0. The molecule has 1 nitrogen and oxygen atoms in total. The first kappa shape index (κ1) is 13.4. The van der Waals surface area contributed by atoms with Crippen LogP contribution in [0.5, 0.6) is 0 Å². The van der Waals surface area contributed by atoms with Crippen LogP contribution in [0.4, 0.5) is 0 Å². The van der Waals surface area contributed by atoms with Crippen molar-refractivity contribution in [3.63, 3.8) is 0 Å². The molecule has 0 radical (unpaired) electrons. The average Bonchev–Trinajstić information content (AvgIpc) is 2.77. The molecule has 1 aliphatic carbocycles. The summed E-state index contributed by atoms with van der Waals surface area (Å²) in [4.78, 5) is 0. The SMILES string of the molecule is CCSCCCCC(NC)C1CCCC1. The number of nitrogens with one attached hydrogen (secondary N) is 1. The molecule has 0 aliphatic heterocycles. The van der Waals surface area contributed by atoms with Crippen molar-refractivity contribution in [3.05, 3.63) is 0 Å². The molecule has 0 aromatic carbocycles. The van der Waals surface area contributed by atoms with Crippen molar-refractivity contribution in [2.45, 2.75) is 57.9 Å². The zero-order valence-electron chi connectivity index (χ0n) is 10.4. The number of thioether (sulfide) groups is 1. The predicted octanol–water partition coefficient (Wildman–Crippen LogP) is 3.69. The third-order valence-corrected chi connectivity index (χ3v) is 4.58. The smallest absolute Gasteiger partial charge is 0.00923 e. The Morgan fingerprint density at radius 1 is 1.27 bits per heavy atom. The third kappa shape index (κ3) is 5.26. The normalized spacial score (nSPS) is 19.6. The van der Waals surface area contributed by atoms with Gasteiger partial charge >= 0.3 is 0 Å². The van der Waals surface area contributed by atoms with Gasteiger partial charge in [-0.05, 0) is 50.2 Å². The Bertz CT molecular complexity index is 143. The van der Waals surface area contributed by atoms with Gasteiger partial charge in [0, 0.05) is 6.04 Å². The molecular weight excluding hydrogens is 202 g/mol. The molecule has 0 aromatic rings. The summed E-state index contributed by atoms with van der Waals surface area (Å²) in [5.41, 5.74) is 0. The number of rotatable bonds is 8. The van der Waals surface area contributed by atoms with E-state index in [0.717, 1.165) is 12.0 Å². The van der Waals surface area contributed by atoms with Gasteiger partial charge in [-0.3, -0.25) is 0 Å². The van der Waals surface area contributed by atoms with E-state index >= 15 is 0 Å². The highest BCUT2D eigenvalue weighted by molar-refractivity contribution is 7.99. The molecule has 0 saturated heterocycles. The Morgan fingerprint density at radius 3 is 2.60 bits per heavy atom. The van der Waals surface area contributed by atoms with Crippen LogP contribution in [0.1, 0.15) is 51.9 Å². The lowest BCUT2D eigenvalue weighted by Crippen LogP contribution is -2.32. The highest BCUT2D eigenvalue weighted by Crippen LogP contribution is 2.29. The highest BCUT2D eigenvalue weighted by atomic mass is 32.2. The van der Waals surface area contributed by atoms with Crippen molar-refractivity contribution in [2.24, 2.45) is 5.92 Å². The molecule has 1 unspecified atom stereocenters. The van der Waals surface area contributed by atoms with E-state index < -0.39 is 0 Å². The fraction of sp³-hybridized carbons (Fsp3) is 1.00. The lowest BCUT2D eigenvalue weighted by Gasteiger charge is -2.22. The molecule has 15 heavy (non-hydrogen) atoms. The van der Waals surface area contributed by atoms with Crippen LogP contribution in [0, 0.1) is 5.92 Å². The van der Waals surface area contributed by atoms with E-state index in [9.17, 15) is 0 Å². The Kier molecular flexibility index (Phi) is 7.54. The van der Waals surface area contributed by atoms with E-state index in [2.05, 4.69) is 31.1 Å². The summed E-state index contributed by atoms with van der Waals surface area (Å²) in [6.45, 7) is 2.25. The van der Waals surface area contributed by atoms with Crippen LogP contribution in [0.25, 0.3) is 0 Å². The number of unbranched alkanes of at least 4 members (excludes halogenated alkanes) is 1. The Morgan fingerprint density at radius 2 is 2.00 bits per heavy atom. The lowest BCUT2D eigenvalue weighted by atomic mass is 9.94. The topological polar surface area (TPSA) is 12.0 Å². The minimum atomic E-state index is 0.805. The number of hydrogen-bond acceptors (Lipinski definition) is 2. The summed E-state index contributed by atoms with van der Waals surface area (Å²) in [7, 11) is 2.14. The molecule has 0 bridgehead atoms. The van der Waals surface area contributed by atoms with Crippen LogP contribution < -0.4 is 5.32 Å². The first-order valence-electron chi connectivity index (χ1n) is 6.63. The third-order valence-electron chi connectivity index (χ3n) is 3.60. The van der Waals surface area contributed by atoms with E-state index in [1.807, 2.05) is 0 Å². The van der Waals surface area contributed by atoms with E-state index in [1.54, 1.807) is 0 Å². The maximum atomic E-state index is 3.53. The van der Waals surface area contributed by atoms with Crippen molar-refractivity contribution in [1.29, 1.82) is 0 Å². The van der Waals surface area contributed by atoms with Crippen molar-refractivity contribution in [1.82, 2.24) is 5.32 Å². The molecule has 0 spiro atoms. The largest absolute Gasteiger partial charge is 0.317 e. The minimum absolute atomic E-state index is 0.805. The molecule has 1 saturated carbocycles. The molecular formula is C13H27NS. The van der Waals surface area contributed by atoms with Gasteiger partial charge in [0.05, 0.1) is 0 Å². The molecule has 90 valence electrons. The first-order valence-corrected chi connectivity index (χ1v) is 7.79. The van der Waals surface area contributed by atoms with Gasteiger partial charge in [0.25, 0.3) is 0 Å². The molecule has 0 aromatic heterocycles. The van der Waals surface area contributed by atoms with Crippen molar-refractivity contribution in [3.8, 4) is 0 Å². The number of hydrogen-bond donors (Lipinski definition) is 1. The molecule has 0 amide bonds. The van der Waals surface area contributed by atoms with Crippen LogP contribution in [-0.4, -0.2) is 24.6 Å². The van der Waals surface area contributed by atoms with Gasteiger partial charge in [-0.2, -0.15) is 11.8 Å². The fourth-order valence-electron chi connectivity index (χ4n) is 2.69. The Labute approximate surface area is 99.8 Å². The molecule has 1 fully saturated rings. The van der Waals surface area contributed by atoms with Gasteiger partial charge in [0.2, 0.25) is 0 Å². The average molecular weight is 229 g/mol. The predicted molar refractivity (Wildman–Crippen MR) is 71.7 cm³/mol. The van der Waals surface area contributed by atoms with Crippen LogP contribution in [-0.2, 0) is 0 Å². The quantitative estimate of drug-likeness (QED) is 0.637. The van der Waals surface area contributed by atoms with Gasteiger partial charge in [-0.1, -0.05) is 26.2 Å². The van der Waals surface area contributed by atoms with Gasteiger partial charge in [0.15, 0.2) is 0 Å². The van der Waals surface area contributed by atoms with Gasteiger partial charge in [0.1, 0.15) is 0 Å². The van der Waals surface area contributed by atoms with Gasteiger partial charge < -0.3 is 5.32 Å². The van der Waals surface area contributed by atoms with E-state index in [1.165, 1.54) is 56.5 Å². The monoisotopic (exact) mass is 229 g/mol. The Hall–Kier alpha value is 0.310. The Balaban J connectivity index is 2.05. The van der Waals surface area contributed by atoms with E-state index in [4.69, 9.17) is 0 Å². The fourth-order valence-corrected chi connectivity index (χ4v) is 3.39. The van der Waals surface area contributed by atoms with Crippen LogP contribution >= 0.6 is 11.8 Å². The van der Waals surface area contributed by atoms with Crippen molar-refractivity contribution in [2.75, 3.05) is 18.6 Å². The van der Waals surface area contributed by atoms with Crippen molar-refractivity contribution >= 4 is 11.8 Å². The molecule has 1 atom stereocenters. The summed E-state index contributed by atoms with van der Waals surface area (Å²) in [6.07, 6.45) is 10.1. The van der Waals surface area contributed by atoms with E-state index in [0.29, 0.717) is 0 Å². The first-order chi connectivity index (χ1) is 7.38. The summed E-state index contributed by atoms with van der Waals surface area (Å²) >= 11 is 2.08. The van der Waals surface area contributed by atoms with Crippen LogP contribution in [0.2, 0.25) is 0 Å².